The topological polar surface area (TPSA) is 12.0 Å². The summed E-state index contributed by atoms with van der Waals surface area (Å²) in [5.74, 6) is -1.95. The van der Waals surface area contributed by atoms with Crippen LogP contribution in [0.15, 0.2) is 12.1 Å². The molecule has 1 atom stereocenters. The Kier molecular flexibility index (Phi) is 3.47. The number of hydrogen-bond donors (Lipinski definition) is 1. The van der Waals surface area contributed by atoms with Crippen LogP contribution in [0.25, 0.3) is 0 Å². The number of halogens is 5. The zero-order chi connectivity index (χ0) is 13.4. The molecule has 0 fully saturated rings. The van der Waals surface area contributed by atoms with E-state index in [1.165, 1.54) is 6.92 Å². The Hall–Kier alpha value is -1.17. The number of nitrogens with one attached hydrogen (secondary N) is 1. The molecule has 1 rings (SSSR count). The predicted molar refractivity (Wildman–Crippen MR) is 53.6 cm³/mol. The molecule has 1 unspecified atom stereocenters. The highest BCUT2D eigenvalue weighted by atomic mass is 19.4. The van der Waals surface area contributed by atoms with Crippen molar-refractivity contribution >= 4 is 0 Å². The third kappa shape index (κ3) is 2.26. The molecule has 6 heteroatoms. The SMILES string of the molecule is CNC(C)(c1cc(F)c(C)cc1F)C(F)(F)F. The van der Waals surface area contributed by atoms with Crippen molar-refractivity contribution in [3.05, 3.63) is 34.9 Å². The van der Waals surface area contributed by atoms with Gasteiger partial charge in [-0.15, -0.1) is 0 Å². The Bertz CT molecular complexity index is 427. The quantitative estimate of drug-likeness (QED) is 0.798. The molecule has 0 radical (unpaired) electrons. The molecule has 0 amide bonds. The number of hydrogen-bond acceptors (Lipinski definition) is 1. The zero-order valence-corrected chi connectivity index (χ0v) is 9.54. The largest absolute Gasteiger partial charge is 0.410 e. The van der Waals surface area contributed by atoms with Gasteiger partial charge in [-0.3, -0.25) is 0 Å². The number of rotatable bonds is 2. The Balaban J connectivity index is 3.46. The Labute approximate surface area is 95.6 Å². The highest BCUT2D eigenvalue weighted by Gasteiger charge is 2.52. The van der Waals surface area contributed by atoms with Crippen molar-refractivity contribution in [3.8, 4) is 0 Å². The molecule has 0 aromatic heterocycles. The van der Waals surface area contributed by atoms with E-state index in [9.17, 15) is 22.0 Å². The van der Waals surface area contributed by atoms with Crippen molar-refractivity contribution in [2.75, 3.05) is 7.05 Å². The molecule has 0 heterocycles. The van der Waals surface area contributed by atoms with Crippen molar-refractivity contribution in [3.63, 3.8) is 0 Å². The van der Waals surface area contributed by atoms with E-state index in [0.29, 0.717) is 6.07 Å². The van der Waals surface area contributed by atoms with Gasteiger partial charge in [-0.1, -0.05) is 0 Å². The molecule has 1 aromatic rings. The van der Waals surface area contributed by atoms with Crippen molar-refractivity contribution < 1.29 is 22.0 Å². The fourth-order valence-corrected chi connectivity index (χ4v) is 1.46. The average molecular weight is 253 g/mol. The van der Waals surface area contributed by atoms with Crippen molar-refractivity contribution in [1.82, 2.24) is 5.32 Å². The van der Waals surface area contributed by atoms with E-state index in [-0.39, 0.29) is 5.56 Å². The van der Waals surface area contributed by atoms with Crippen LogP contribution in [0.1, 0.15) is 18.1 Å². The second-order valence-electron chi connectivity index (χ2n) is 3.95. The molecule has 0 bridgehead atoms. The molecule has 1 nitrogen and oxygen atoms in total. The van der Waals surface area contributed by atoms with Crippen LogP contribution in [0.2, 0.25) is 0 Å². The molecular formula is C11H12F5N. The lowest BCUT2D eigenvalue weighted by Gasteiger charge is -2.32. The minimum atomic E-state index is -4.73. The van der Waals surface area contributed by atoms with E-state index in [1.54, 1.807) is 0 Å². The number of aryl methyl sites for hydroxylation is 1. The predicted octanol–water partition coefficient (Wildman–Crippen LogP) is 3.27. The fourth-order valence-electron chi connectivity index (χ4n) is 1.46. The van der Waals surface area contributed by atoms with E-state index in [0.717, 1.165) is 20.0 Å². The first-order valence-corrected chi connectivity index (χ1v) is 4.85. The summed E-state index contributed by atoms with van der Waals surface area (Å²) in [7, 11) is 1.05. The summed E-state index contributed by atoms with van der Waals surface area (Å²) in [4.78, 5) is 0. The van der Waals surface area contributed by atoms with Crippen LogP contribution in [-0.4, -0.2) is 13.2 Å². The summed E-state index contributed by atoms with van der Waals surface area (Å²) in [5.41, 5.74) is -3.41. The molecular weight excluding hydrogens is 241 g/mol. The Morgan fingerprint density at radius 3 is 2.00 bits per heavy atom. The first kappa shape index (κ1) is 13.9. The maximum Gasteiger partial charge on any atom is 0.410 e. The second-order valence-corrected chi connectivity index (χ2v) is 3.95. The smallest absolute Gasteiger partial charge is 0.303 e. The minimum Gasteiger partial charge on any atom is -0.303 e. The molecule has 0 aliphatic carbocycles. The van der Waals surface area contributed by atoms with Crippen LogP contribution < -0.4 is 5.32 Å². The van der Waals surface area contributed by atoms with Gasteiger partial charge >= 0.3 is 6.18 Å². The van der Waals surface area contributed by atoms with Crippen LogP contribution in [-0.2, 0) is 5.54 Å². The molecule has 0 saturated carbocycles. The van der Waals surface area contributed by atoms with Gasteiger partial charge in [0.25, 0.3) is 0 Å². The van der Waals surface area contributed by atoms with E-state index in [1.807, 2.05) is 5.32 Å². The lowest BCUT2D eigenvalue weighted by Crippen LogP contribution is -2.50. The van der Waals surface area contributed by atoms with Gasteiger partial charge in [-0.05, 0) is 38.6 Å². The van der Waals surface area contributed by atoms with Gasteiger partial charge in [0.05, 0.1) is 0 Å². The van der Waals surface area contributed by atoms with E-state index >= 15 is 0 Å². The van der Waals surface area contributed by atoms with Crippen LogP contribution >= 0.6 is 0 Å². The van der Waals surface area contributed by atoms with Gasteiger partial charge in [0.2, 0.25) is 0 Å². The van der Waals surface area contributed by atoms with Gasteiger partial charge in [0.1, 0.15) is 17.2 Å². The average Bonchev–Trinajstić information content (AvgIpc) is 2.20. The summed E-state index contributed by atoms with van der Waals surface area (Å²) in [6.07, 6.45) is -4.73. The monoisotopic (exact) mass is 253 g/mol. The Morgan fingerprint density at radius 1 is 1.06 bits per heavy atom. The highest BCUT2D eigenvalue weighted by Crippen LogP contribution is 2.39. The van der Waals surface area contributed by atoms with E-state index in [4.69, 9.17) is 0 Å². The first-order chi connectivity index (χ1) is 7.63. The van der Waals surface area contributed by atoms with Crippen LogP contribution in [0.3, 0.4) is 0 Å². The van der Waals surface area contributed by atoms with Gasteiger partial charge in [-0.25, -0.2) is 8.78 Å². The standard InChI is InChI=1S/C11H12F5N/c1-6-4-9(13)7(5-8(6)12)10(2,17-3)11(14,15)16/h4-5,17H,1-3H3. The number of alkyl halides is 3. The van der Waals surface area contributed by atoms with Crippen molar-refractivity contribution in [2.45, 2.75) is 25.6 Å². The second kappa shape index (κ2) is 4.25. The summed E-state index contributed by atoms with van der Waals surface area (Å²) in [6, 6.07) is 1.33. The molecule has 0 aliphatic heterocycles. The van der Waals surface area contributed by atoms with Gasteiger partial charge in [0.15, 0.2) is 0 Å². The molecule has 0 spiro atoms. The minimum absolute atomic E-state index is 0.0353. The van der Waals surface area contributed by atoms with Crippen molar-refractivity contribution in [2.24, 2.45) is 0 Å². The van der Waals surface area contributed by atoms with E-state index < -0.39 is 28.9 Å². The third-order valence-corrected chi connectivity index (χ3v) is 2.85. The summed E-state index contributed by atoms with van der Waals surface area (Å²) < 4.78 is 65.3. The maximum atomic E-state index is 13.5. The maximum absolute atomic E-state index is 13.5. The third-order valence-electron chi connectivity index (χ3n) is 2.85. The molecule has 0 aliphatic rings. The molecule has 0 saturated heterocycles. The van der Waals surface area contributed by atoms with Crippen LogP contribution in [0, 0.1) is 18.6 Å². The summed E-state index contributed by atoms with van der Waals surface area (Å²) in [6.45, 7) is 2.05. The van der Waals surface area contributed by atoms with Gasteiger partial charge in [0, 0.05) is 5.56 Å². The van der Waals surface area contributed by atoms with Gasteiger partial charge in [-0.2, -0.15) is 13.2 Å². The van der Waals surface area contributed by atoms with E-state index in [2.05, 4.69) is 0 Å². The lowest BCUT2D eigenvalue weighted by atomic mass is 9.90. The van der Waals surface area contributed by atoms with Crippen molar-refractivity contribution in [1.29, 1.82) is 0 Å². The summed E-state index contributed by atoms with van der Waals surface area (Å²) >= 11 is 0. The molecule has 96 valence electrons. The molecule has 17 heavy (non-hydrogen) atoms. The van der Waals surface area contributed by atoms with Gasteiger partial charge < -0.3 is 5.32 Å². The highest BCUT2D eigenvalue weighted by molar-refractivity contribution is 5.32. The fraction of sp³-hybridized carbons (Fsp3) is 0.455. The zero-order valence-electron chi connectivity index (χ0n) is 9.54. The molecule has 1 N–H and O–H groups in total. The first-order valence-electron chi connectivity index (χ1n) is 4.85. The lowest BCUT2D eigenvalue weighted by molar-refractivity contribution is -0.194. The normalized spacial score (nSPS) is 15.8. The number of benzene rings is 1. The summed E-state index contributed by atoms with van der Waals surface area (Å²) in [5, 5.41) is 1.99. The van der Waals surface area contributed by atoms with Crippen LogP contribution in [0.4, 0.5) is 22.0 Å². The Morgan fingerprint density at radius 2 is 1.59 bits per heavy atom. The van der Waals surface area contributed by atoms with Crippen LogP contribution in [0.5, 0.6) is 0 Å². The molecule has 1 aromatic carbocycles.